The molecule has 1 fully saturated rings. The Balaban J connectivity index is 2.08. The summed E-state index contributed by atoms with van der Waals surface area (Å²) in [6, 6.07) is 0. The van der Waals surface area contributed by atoms with Crippen molar-refractivity contribution in [1.29, 1.82) is 0 Å². The van der Waals surface area contributed by atoms with Crippen LogP contribution in [0.1, 0.15) is 12.8 Å². The largest absolute Gasteiger partial charge is 0.494 e. The molecule has 0 aliphatic heterocycles. The Labute approximate surface area is 68.1 Å². The Kier molecular flexibility index (Phi) is 2.96. The van der Waals surface area contributed by atoms with Crippen LogP contribution < -0.4 is 0 Å². The maximum atomic E-state index is 5.34. The SMILES string of the molecule is C=C/C=C\C(=C)OCC1CC1. The smallest absolute Gasteiger partial charge is 0.112 e. The molecule has 0 amide bonds. The van der Waals surface area contributed by atoms with Crippen LogP contribution in [-0.4, -0.2) is 6.61 Å². The zero-order chi connectivity index (χ0) is 8.10. The molecular weight excluding hydrogens is 136 g/mol. The van der Waals surface area contributed by atoms with Crippen molar-refractivity contribution in [1.82, 2.24) is 0 Å². The number of rotatable bonds is 5. The van der Waals surface area contributed by atoms with Gasteiger partial charge in [-0.05, 0) is 24.8 Å². The maximum absolute atomic E-state index is 5.34. The summed E-state index contributed by atoms with van der Waals surface area (Å²) in [5, 5.41) is 0. The fourth-order valence-corrected chi connectivity index (χ4v) is 0.733. The van der Waals surface area contributed by atoms with Gasteiger partial charge < -0.3 is 4.74 Å². The van der Waals surface area contributed by atoms with Gasteiger partial charge in [-0.15, -0.1) is 0 Å². The number of allylic oxidation sites excluding steroid dienone is 3. The van der Waals surface area contributed by atoms with Gasteiger partial charge in [0.25, 0.3) is 0 Å². The van der Waals surface area contributed by atoms with Crippen molar-refractivity contribution in [3.05, 3.63) is 37.1 Å². The van der Waals surface area contributed by atoms with Crippen molar-refractivity contribution in [3.63, 3.8) is 0 Å². The number of hydrogen-bond acceptors (Lipinski definition) is 1. The topological polar surface area (TPSA) is 9.23 Å². The van der Waals surface area contributed by atoms with Crippen molar-refractivity contribution in [2.24, 2.45) is 5.92 Å². The van der Waals surface area contributed by atoms with E-state index in [1.807, 2.05) is 12.2 Å². The van der Waals surface area contributed by atoms with E-state index in [9.17, 15) is 0 Å². The lowest BCUT2D eigenvalue weighted by Gasteiger charge is -2.02. The van der Waals surface area contributed by atoms with Crippen molar-refractivity contribution in [3.8, 4) is 0 Å². The standard InChI is InChI=1S/C10H14O/c1-3-4-5-9(2)11-8-10-6-7-10/h3-5,10H,1-2,6-8H2/b5-4-. The maximum Gasteiger partial charge on any atom is 0.112 e. The summed E-state index contributed by atoms with van der Waals surface area (Å²) in [7, 11) is 0. The summed E-state index contributed by atoms with van der Waals surface area (Å²) in [4.78, 5) is 0. The first-order valence-corrected chi connectivity index (χ1v) is 3.93. The molecule has 0 aromatic heterocycles. The van der Waals surface area contributed by atoms with Gasteiger partial charge in [0.1, 0.15) is 5.76 Å². The fraction of sp³-hybridized carbons (Fsp3) is 0.400. The summed E-state index contributed by atoms with van der Waals surface area (Å²) in [6.07, 6.45) is 8.01. The first-order chi connectivity index (χ1) is 5.33. The predicted octanol–water partition coefficient (Wildman–Crippen LogP) is 2.67. The molecule has 0 N–H and O–H groups in total. The van der Waals surface area contributed by atoms with E-state index in [1.54, 1.807) is 6.08 Å². The molecule has 1 saturated carbocycles. The van der Waals surface area contributed by atoms with E-state index in [2.05, 4.69) is 13.2 Å². The zero-order valence-corrected chi connectivity index (χ0v) is 6.75. The van der Waals surface area contributed by atoms with Crippen LogP contribution in [0.5, 0.6) is 0 Å². The average molecular weight is 150 g/mol. The molecule has 0 heterocycles. The third kappa shape index (κ3) is 3.66. The summed E-state index contributed by atoms with van der Waals surface area (Å²) in [5.74, 6) is 1.53. The van der Waals surface area contributed by atoms with Crippen molar-refractivity contribution >= 4 is 0 Å². The predicted molar refractivity (Wildman–Crippen MR) is 47.2 cm³/mol. The van der Waals surface area contributed by atoms with Crippen LogP contribution in [0.15, 0.2) is 37.1 Å². The van der Waals surface area contributed by atoms with Gasteiger partial charge in [0.2, 0.25) is 0 Å². The normalized spacial score (nSPS) is 16.7. The highest BCUT2D eigenvalue weighted by Crippen LogP contribution is 2.29. The summed E-state index contributed by atoms with van der Waals surface area (Å²) in [6.45, 7) is 8.13. The van der Waals surface area contributed by atoms with Gasteiger partial charge in [0.05, 0.1) is 6.61 Å². The highest BCUT2D eigenvalue weighted by Gasteiger charge is 2.21. The minimum absolute atomic E-state index is 0.733. The molecule has 1 nitrogen and oxygen atoms in total. The van der Waals surface area contributed by atoms with Crippen LogP contribution in [0.25, 0.3) is 0 Å². The van der Waals surface area contributed by atoms with Crippen LogP contribution in [0.4, 0.5) is 0 Å². The second kappa shape index (κ2) is 4.02. The Morgan fingerprint density at radius 2 is 2.27 bits per heavy atom. The van der Waals surface area contributed by atoms with E-state index in [0.717, 1.165) is 18.3 Å². The van der Waals surface area contributed by atoms with E-state index in [4.69, 9.17) is 4.74 Å². The second-order valence-electron chi connectivity index (χ2n) is 2.82. The van der Waals surface area contributed by atoms with E-state index >= 15 is 0 Å². The van der Waals surface area contributed by atoms with E-state index < -0.39 is 0 Å². The van der Waals surface area contributed by atoms with Crippen molar-refractivity contribution in [2.75, 3.05) is 6.61 Å². The molecule has 0 aromatic rings. The first kappa shape index (κ1) is 8.12. The van der Waals surface area contributed by atoms with Crippen LogP contribution >= 0.6 is 0 Å². The minimum atomic E-state index is 0.733. The van der Waals surface area contributed by atoms with Crippen LogP contribution in [0, 0.1) is 5.92 Å². The molecule has 1 aliphatic carbocycles. The Hall–Kier alpha value is -0.980. The summed E-state index contributed by atoms with van der Waals surface area (Å²) < 4.78 is 5.34. The molecule has 0 atom stereocenters. The highest BCUT2D eigenvalue weighted by atomic mass is 16.5. The molecule has 11 heavy (non-hydrogen) atoms. The third-order valence-electron chi connectivity index (χ3n) is 1.62. The zero-order valence-electron chi connectivity index (χ0n) is 6.75. The third-order valence-corrected chi connectivity index (χ3v) is 1.62. The van der Waals surface area contributed by atoms with E-state index in [0.29, 0.717) is 0 Å². The van der Waals surface area contributed by atoms with Gasteiger partial charge in [-0.25, -0.2) is 0 Å². The quantitative estimate of drug-likeness (QED) is 0.432. The lowest BCUT2D eigenvalue weighted by molar-refractivity contribution is 0.212. The average Bonchev–Trinajstić information content (AvgIpc) is 2.80. The molecule has 1 rings (SSSR count). The van der Waals surface area contributed by atoms with Gasteiger partial charge in [0.15, 0.2) is 0 Å². The van der Waals surface area contributed by atoms with E-state index in [-0.39, 0.29) is 0 Å². The molecule has 0 spiro atoms. The molecule has 0 aromatic carbocycles. The lowest BCUT2D eigenvalue weighted by atomic mass is 10.4. The molecule has 1 aliphatic rings. The Bertz CT molecular complexity index is 175. The lowest BCUT2D eigenvalue weighted by Crippen LogP contribution is -1.92. The fourth-order valence-electron chi connectivity index (χ4n) is 0.733. The first-order valence-electron chi connectivity index (χ1n) is 3.93. The minimum Gasteiger partial charge on any atom is -0.494 e. The molecule has 0 saturated heterocycles. The molecule has 0 unspecified atom stereocenters. The molecule has 0 bridgehead atoms. The summed E-state index contributed by atoms with van der Waals surface area (Å²) >= 11 is 0. The van der Waals surface area contributed by atoms with Crippen LogP contribution in [-0.2, 0) is 4.74 Å². The molecule has 1 heteroatoms. The van der Waals surface area contributed by atoms with Gasteiger partial charge in [-0.2, -0.15) is 0 Å². The molecule has 0 radical (unpaired) electrons. The monoisotopic (exact) mass is 150 g/mol. The van der Waals surface area contributed by atoms with E-state index in [1.165, 1.54) is 12.8 Å². The number of ether oxygens (including phenoxy) is 1. The summed E-state index contributed by atoms with van der Waals surface area (Å²) in [5.41, 5.74) is 0. The van der Waals surface area contributed by atoms with Gasteiger partial charge in [-0.3, -0.25) is 0 Å². The van der Waals surface area contributed by atoms with Gasteiger partial charge in [-0.1, -0.05) is 25.3 Å². The van der Waals surface area contributed by atoms with Crippen molar-refractivity contribution in [2.45, 2.75) is 12.8 Å². The van der Waals surface area contributed by atoms with Crippen LogP contribution in [0.3, 0.4) is 0 Å². The Morgan fingerprint density at radius 1 is 1.55 bits per heavy atom. The van der Waals surface area contributed by atoms with Gasteiger partial charge in [0, 0.05) is 0 Å². The molecular formula is C10H14O. The number of hydrogen-bond donors (Lipinski definition) is 0. The second-order valence-corrected chi connectivity index (χ2v) is 2.82. The van der Waals surface area contributed by atoms with Crippen molar-refractivity contribution < 1.29 is 4.74 Å². The Morgan fingerprint density at radius 3 is 2.82 bits per heavy atom. The van der Waals surface area contributed by atoms with Gasteiger partial charge >= 0.3 is 0 Å². The highest BCUT2D eigenvalue weighted by molar-refractivity contribution is 5.12. The van der Waals surface area contributed by atoms with Crippen LogP contribution in [0.2, 0.25) is 0 Å². The molecule has 60 valence electrons.